The van der Waals surface area contributed by atoms with Gasteiger partial charge in [0.1, 0.15) is 16.4 Å². The normalized spacial score (nSPS) is 17.3. The summed E-state index contributed by atoms with van der Waals surface area (Å²) >= 11 is 1.13. The molecule has 0 unspecified atom stereocenters. The van der Waals surface area contributed by atoms with Crippen molar-refractivity contribution in [1.29, 1.82) is 0 Å². The molecule has 8 nitrogen and oxygen atoms in total. The molecular formula is C15H11N3O5S. The Balaban J connectivity index is 1.77. The van der Waals surface area contributed by atoms with E-state index in [1.165, 1.54) is 18.2 Å². The van der Waals surface area contributed by atoms with Crippen LogP contribution in [-0.2, 0) is 4.79 Å². The number of ether oxygens (including phenoxy) is 1. The van der Waals surface area contributed by atoms with Crippen molar-refractivity contribution in [1.82, 2.24) is 5.32 Å². The molecule has 1 aromatic heterocycles. The summed E-state index contributed by atoms with van der Waals surface area (Å²) in [5.74, 6) is 0.218. The highest BCUT2D eigenvalue weighted by Crippen LogP contribution is 2.29. The van der Waals surface area contributed by atoms with Crippen molar-refractivity contribution in [2.24, 2.45) is 4.99 Å². The highest BCUT2D eigenvalue weighted by Gasteiger charge is 2.24. The summed E-state index contributed by atoms with van der Waals surface area (Å²) in [4.78, 5) is 26.6. The van der Waals surface area contributed by atoms with Crippen molar-refractivity contribution in [2.75, 3.05) is 7.11 Å². The third kappa shape index (κ3) is 3.46. The smallest absolute Gasteiger partial charge is 0.433 e. The quantitative estimate of drug-likeness (QED) is 0.518. The molecule has 1 amide bonds. The number of hydrogen-bond acceptors (Lipinski definition) is 7. The van der Waals surface area contributed by atoms with Crippen LogP contribution in [0.25, 0.3) is 6.08 Å². The third-order valence-corrected chi connectivity index (χ3v) is 3.93. The number of thioether (sulfide) groups is 1. The number of amidine groups is 1. The summed E-state index contributed by atoms with van der Waals surface area (Å²) in [5, 5.41) is 13.6. The van der Waals surface area contributed by atoms with E-state index in [0.29, 0.717) is 21.5 Å². The number of nitro groups is 1. The van der Waals surface area contributed by atoms with E-state index in [9.17, 15) is 14.9 Å². The Morgan fingerprint density at radius 3 is 2.67 bits per heavy atom. The minimum atomic E-state index is -0.638. The molecule has 0 atom stereocenters. The van der Waals surface area contributed by atoms with Crippen LogP contribution in [0, 0.1) is 10.1 Å². The molecule has 1 saturated heterocycles. The maximum Gasteiger partial charge on any atom is 0.433 e. The fourth-order valence-electron chi connectivity index (χ4n) is 1.90. The number of furan rings is 1. The van der Waals surface area contributed by atoms with Crippen molar-refractivity contribution in [2.45, 2.75) is 0 Å². The van der Waals surface area contributed by atoms with E-state index < -0.39 is 4.92 Å². The molecule has 0 spiro atoms. The topological polar surface area (TPSA) is 107 Å². The Hall–Kier alpha value is -3.07. The van der Waals surface area contributed by atoms with Crippen LogP contribution in [0.3, 0.4) is 0 Å². The SMILES string of the molecule is COc1ccc(N=C2NC(=O)/C(=C/c3ccc([N+](=O)[O-])o3)S2)cc1. The maximum atomic E-state index is 11.9. The van der Waals surface area contributed by atoms with Crippen LogP contribution >= 0.6 is 11.8 Å². The first kappa shape index (κ1) is 15.8. The summed E-state index contributed by atoms with van der Waals surface area (Å²) in [5.41, 5.74) is 0.661. The first-order chi connectivity index (χ1) is 11.5. The summed E-state index contributed by atoms with van der Waals surface area (Å²) in [6.45, 7) is 0. The summed E-state index contributed by atoms with van der Waals surface area (Å²) in [6, 6.07) is 9.71. The van der Waals surface area contributed by atoms with Gasteiger partial charge in [0.15, 0.2) is 5.17 Å². The van der Waals surface area contributed by atoms with Gasteiger partial charge in [-0.3, -0.25) is 14.9 Å². The lowest BCUT2D eigenvalue weighted by Crippen LogP contribution is -2.19. The Labute approximate surface area is 140 Å². The molecule has 1 aliphatic rings. The molecule has 1 aliphatic heterocycles. The Morgan fingerprint density at radius 2 is 2.04 bits per heavy atom. The minimum Gasteiger partial charge on any atom is -0.497 e. The second-order valence-corrected chi connectivity index (χ2v) is 5.64. The molecule has 1 aromatic carbocycles. The third-order valence-electron chi connectivity index (χ3n) is 3.02. The number of carbonyl (C=O) groups is 1. The van der Waals surface area contributed by atoms with Gasteiger partial charge in [-0.15, -0.1) is 0 Å². The Bertz CT molecular complexity index is 854. The molecule has 0 saturated carbocycles. The average molecular weight is 345 g/mol. The number of methoxy groups -OCH3 is 1. The number of rotatable bonds is 4. The van der Waals surface area contributed by atoms with Gasteiger partial charge in [-0.1, -0.05) is 0 Å². The van der Waals surface area contributed by atoms with E-state index in [2.05, 4.69) is 10.3 Å². The summed E-state index contributed by atoms with van der Waals surface area (Å²) < 4.78 is 10.1. The van der Waals surface area contributed by atoms with E-state index >= 15 is 0 Å². The van der Waals surface area contributed by atoms with E-state index in [1.54, 1.807) is 31.4 Å². The molecule has 3 rings (SSSR count). The molecule has 1 N–H and O–H groups in total. The molecule has 24 heavy (non-hydrogen) atoms. The molecule has 0 bridgehead atoms. The fraction of sp³-hybridized carbons (Fsp3) is 0.0667. The van der Waals surface area contributed by atoms with Crippen LogP contribution in [0.1, 0.15) is 5.76 Å². The van der Waals surface area contributed by atoms with Crippen LogP contribution in [0.15, 0.2) is 50.7 Å². The number of nitrogens with one attached hydrogen (secondary N) is 1. The van der Waals surface area contributed by atoms with Crippen molar-refractivity contribution in [3.63, 3.8) is 0 Å². The fourth-order valence-corrected chi connectivity index (χ4v) is 2.72. The highest BCUT2D eigenvalue weighted by atomic mass is 32.2. The first-order valence-electron chi connectivity index (χ1n) is 6.73. The van der Waals surface area contributed by atoms with Gasteiger partial charge in [0, 0.05) is 6.08 Å². The predicted octanol–water partition coefficient (Wildman–Crippen LogP) is 3.09. The van der Waals surface area contributed by atoms with E-state index in [4.69, 9.17) is 9.15 Å². The lowest BCUT2D eigenvalue weighted by atomic mass is 10.3. The van der Waals surface area contributed by atoms with Gasteiger partial charge in [-0.05, 0) is 42.1 Å². The zero-order chi connectivity index (χ0) is 17.1. The number of carbonyl (C=O) groups excluding carboxylic acids is 1. The number of hydrogen-bond donors (Lipinski definition) is 1. The van der Waals surface area contributed by atoms with Crippen LogP contribution in [0.2, 0.25) is 0 Å². The molecule has 9 heteroatoms. The molecule has 0 radical (unpaired) electrons. The summed E-state index contributed by atoms with van der Waals surface area (Å²) in [7, 11) is 1.57. The highest BCUT2D eigenvalue weighted by molar-refractivity contribution is 8.18. The molecule has 2 aromatic rings. The lowest BCUT2D eigenvalue weighted by Gasteiger charge is -1.99. The van der Waals surface area contributed by atoms with Crippen LogP contribution in [0.4, 0.5) is 11.6 Å². The summed E-state index contributed by atoms with van der Waals surface area (Å²) in [6.07, 6.45) is 1.43. The number of nitrogens with zero attached hydrogens (tertiary/aromatic N) is 2. The van der Waals surface area contributed by atoms with E-state index in [-0.39, 0.29) is 17.6 Å². The van der Waals surface area contributed by atoms with Crippen molar-refractivity contribution < 1.29 is 18.9 Å². The van der Waals surface area contributed by atoms with Crippen molar-refractivity contribution >= 4 is 40.5 Å². The number of benzene rings is 1. The van der Waals surface area contributed by atoms with Crippen molar-refractivity contribution in [3.8, 4) is 5.75 Å². The molecule has 0 aliphatic carbocycles. The molecule has 2 heterocycles. The molecular weight excluding hydrogens is 334 g/mol. The average Bonchev–Trinajstić information content (AvgIpc) is 3.16. The largest absolute Gasteiger partial charge is 0.497 e. The van der Waals surface area contributed by atoms with Gasteiger partial charge >= 0.3 is 5.88 Å². The van der Waals surface area contributed by atoms with E-state index in [1.807, 2.05) is 0 Å². The van der Waals surface area contributed by atoms with Gasteiger partial charge in [-0.25, -0.2) is 4.99 Å². The van der Waals surface area contributed by atoms with E-state index in [0.717, 1.165) is 11.8 Å². The standard InChI is InChI=1S/C15H11N3O5S/c1-22-10-4-2-9(3-5-10)16-15-17-14(19)12(24-15)8-11-6-7-13(23-11)18(20)21/h2-8H,1H3,(H,16,17,19)/b12-8-. The van der Waals surface area contributed by atoms with Gasteiger partial charge in [-0.2, -0.15) is 0 Å². The Morgan fingerprint density at radius 1 is 1.29 bits per heavy atom. The second kappa shape index (κ2) is 6.59. The molecule has 1 fully saturated rings. The minimum absolute atomic E-state index is 0.227. The lowest BCUT2D eigenvalue weighted by molar-refractivity contribution is -0.402. The van der Waals surface area contributed by atoms with Gasteiger partial charge in [0.05, 0.1) is 23.8 Å². The second-order valence-electron chi connectivity index (χ2n) is 4.61. The van der Waals surface area contributed by atoms with Gasteiger partial charge in [0.2, 0.25) is 0 Å². The van der Waals surface area contributed by atoms with Crippen LogP contribution < -0.4 is 10.1 Å². The van der Waals surface area contributed by atoms with Gasteiger partial charge < -0.3 is 14.5 Å². The zero-order valence-corrected chi connectivity index (χ0v) is 13.2. The number of amides is 1. The van der Waals surface area contributed by atoms with Crippen LogP contribution in [-0.4, -0.2) is 23.1 Å². The maximum absolute atomic E-state index is 11.9. The predicted molar refractivity (Wildman–Crippen MR) is 89.2 cm³/mol. The number of aliphatic imine (C=N–C) groups is 1. The zero-order valence-electron chi connectivity index (χ0n) is 12.4. The van der Waals surface area contributed by atoms with Gasteiger partial charge in [0.25, 0.3) is 5.91 Å². The molecule has 122 valence electrons. The van der Waals surface area contributed by atoms with Crippen LogP contribution in [0.5, 0.6) is 5.75 Å². The Kier molecular flexibility index (Phi) is 4.34. The van der Waals surface area contributed by atoms with Crippen molar-refractivity contribution in [3.05, 3.63) is 57.2 Å². The monoisotopic (exact) mass is 345 g/mol. The first-order valence-corrected chi connectivity index (χ1v) is 7.54.